The van der Waals surface area contributed by atoms with Gasteiger partial charge in [0.25, 0.3) is 11.5 Å². The largest absolute Gasteiger partial charge is 0.359 e. The number of rotatable bonds is 6. The molecule has 3 aromatic rings. The molecule has 2 heterocycles. The highest BCUT2D eigenvalue weighted by atomic mass is 16.5. The Labute approximate surface area is 150 Å². The third kappa shape index (κ3) is 4.05. The zero-order valence-corrected chi connectivity index (χ0v) is 14.7. The highest BCUT2D eigenvalue weighted by Crippen LogP contribution is 2.17. The minimum Gasteiger partial charge on any atom is -0.359 e. The van der Waals surface area contributed by atoms with Crippen molar-refractivity contribution in [3.63, 3.8) is 0 Å². The van der Waals surface area contributed by atoms with Gasteiger partial charge in [-0.25, -0.2) is 4.68 Å². The Morgan fingerprint density at radius 1 is 1.23 bits per heavy atom. The van der Waals surface area contributed by atoms with Crippen molar-refractivity contribution in [3.05, 3.63) is 69.8 Å². The number of amides is 1. The average molecular weight is 352 g/mol. The van der Waals surface area contributed by atoms with Gasteiger partial charge >= 0.3 is 0 Å². The standard InChI is InChI=1S/C19H20N4O3/c1-3-5-15-11-16(26-22-15)12-20-19(25)14-7-4-6-13(10-14)17-8-9-18(24)23(2)21-17/h4,6-11H,3,5,12H2,1-2H3,(H,20,25). The van der Waals surface area contributed by atoms with Crippen LogP contribution in [0, 0.1) is 0 Å². The number of aromatic nitrogens is 3. The van der Waals surface area contributed by atoms with E-state index in [0.717, 1.165) is 24.1 Å². The van der Waals surface area contributed by atoms with E-state index < -0.39 is 0 Å². The van der Waals surface area contributed by atoms with Gasteiger partial charge in [-0.15, -0.1) is 0 Å². The maximum absolute atomic E-state index is 12.4. The lowest BCUT2D eigenvalue weighted by Gasteiger charge is -2.06. The Morgan fingerprint density at radius 3 is 2.85 bits per heavy atom. The van der Waals surface area contributed by atoms with Gasteiger partial charge in [-0.1, -0.05) is 30.6 Å². The fourth-order valence-corrected chi connectivity index (χ4v) is 2.56. The second-order valence-electron chi connectivity index (χ2n) is 5.98. The first-order valence-electron chi connectivity index (χ1n) is 8.44. The van der Waals surface area contributed by atoms with E-state index in [2.05, 4.69) is 22.5 Å². The van der Waals surface area contributed by atoms with Crippen molar-refractivity contribution in [1.82, 2.24) is 20.3 Å². The number of hydrogen-bond acceptors (Lipinski definition) is 5. The van der Waals surface area contributed by atoms with Gasteiger partial charge in [0.2, 0.25) is 0 Å². The summed E-state index contributed by atoms with van der Waals surface area (Å²) in [4.78, 5) is 23.9. The molecule has 1 N–H and O–H groups in total. The number of benzene rings is 1. The van der Waals surface area contributed by atoms with E-state index >= 15 is 0 Å². The summed E-state index contributed by atoms with van der Waals surface area (Å²) >= 11 is 0. The Kier molecular flexibility index (Phi) is 5.26. The molecule has 0 saturated carbocycles. The topological polar surface area (TPSA) is 90.0 Å². The second-order valence-corrected chi connectivity index (χ2v) is 5.98. The summed E-state index contributed by atoms with van der Waals surface area (Å²) in [7, 11) is 1.59. The maximum Gasteiger partial charge on any atom is 0.266 e. The first kappa shape index (κ1) is 17.6. The molecule has 0 saturated heterocycles. The number of hydrogen-bond donors (Lipinski definition) is 1. The van der Waals surface area contributed by atoms with Gasteiger partial charge < -0.3 is 9.84 Å². The fourth-order valence-electron chi connectivity index (χ4n) is 2.56. The van der Waals surface area contributed by atoms with Crippen LogP contribution in [0.1, 0.15) is 35.2 Å². The number of aryl methyl sites for hydroxylation is 2. The molecule has 0 aliphatic carbocycles. The van der Waals surface area contributed by atoms with Gasteiger partial charge in [0.1, 0.15) is 0 Å². The van der Waals surface area contributed by atoms with E-state index in [-0.39, 0.29) is 18.0 Å². The average Bonchev–Trinajstić information content (AvgIpc) is 3.10. The van der Waals surface area contributed by atoms with Gasteiger partial charge in [0, 0.05) is 30.3 Å². The van der Waals surface area contributed by atoms with Gasteiger partial charge in [-0.3, -0.25) is 9.59 Å². The summed E-state index contributed by atoms with van der Waals surface area (Å²) in [6.07, 6.45) is 1.84. The lowest BCUT2D eigenvalue weighted by atomic mass is 10.1. The Bertz CT molecular complexity index is 975. The van der Waals surface area contributed by atoms with Crippen LogP contribution < -0.4 is 10.9 Å². The van der Waals surface area contributed by atoms with Crippen molar-refractivity contribution < 1.29 is 9.32 Å². The fraction of sp³-hybridized carbons (Fsp3) is 0.263. The van der Waals surface area contributed by atoms with Crippen LogP contribution in [0.15, 0.2) is 51.8 Å². The Morgan fingerprint density at radius 2 is 2.08 bits per heavy atom. The molecule has 0 aliphatic rings. The molecule has 0 fully saturated rings. The molecule has 2 aromatic heterocycles. The van der Waals surface area contributed by atoms with Crippen molar-refractivity contribution in [3.8, 4) is 11.3 Å². The van der Waals surface area contributed by atoms with Gasteiger partial charge in [0.15, 0.2) is 5.76 Å². The zero-order chi connectivity index (χ0) is 18.5. The third-order valence-electron chi connectivity index (χ3n) is 3.92. The lowest BCUT2D eigenvalue weighted by molar-refractivity contribution is 0.0947. The lowest BCUT2D eigenvalue weighted by Crippen LogP contribution is -2.22. The normalized spacial score (nSPS) is 10.7. The summed E-state index contributed by atoms with van der Waals surface area (Å²) in [5.74, 6) is 0.405. The molecular formula is C19H20N4O3. The Balaban J connectivity index is 1.71. The van der Waals surface area contributed by atoms with E-state index in [1.807, 2.05) is 12.1 Å². The molecule has 1 aromatic carbocycles. The van der Waals surface area contributed by atoms with Gasteiger partial charge in [0.05, 0.1) is 17.9 Å². The van der Waals surface area contributed by atoms with Crippen molar-refractivity contribution in [2.24, 2.45) is 7.05 Å². The maximum atomic E-state index is 12.4. The molecule has 0 spiro atoms. The van der Waals surface area contributed by atoms with Crippen LogP contribution in [0.2, 0.25) is 0 Å². The molecule has 0 atom stereocenters. The molecule has 0 bridgehead atoms. The minimum atomic E-state index is -0.217. The van der Waals surface area contributed by atoms with Crippen LogP contribution in [-0.4, -0.2) is 20.8 Å². The SMILES string of the molecule is CCCc1cc(CNC(=O)c2cccc(-c3ccc(=O)n(C)n3)c2)on1. The van der Waals surface area contributed by atoms with E-state index in [4.69, 9.17) is 4.52 Å². The van der Waals surface area contributed by atoms with Crippen LogP contribution >= 0.6 is 0 Å². The van der Waals surface area contributed by atoms with Crippen molar-refractivity contribution in [2.45, 2.75) is 26.3 Å². The van der Waals surface area contributed by atoms with Crippen LogP contribution in [0.4, 0.5) is 0 Å². The van der Waals surface area contributed by atoms with Crippen LogP contribution in [0.5, 0.6) is 0 Å². The molecule has 134 valence electrons. The molecular weight excluding hydrogens is 332 g/mol. The summed E-state index contributed by atoms with van der Waals surface area (Å²) < 4.78 is 6.48. The molecule has 7 heteroatoms. The Hall–Kier alpha value is -3.22. The minimum absolute atomic E-state index is 0.183. The number of carbonyl (C=O) groups excluding carboxylic acids is 1. The van der Waals surface area contributed by atoms with Crippen molar-refractivity contribution in [1.29, 1.82) is 0 Å². The predicted octanol–water partition coefficient (Wildman–Crippen LogP) is 2.32. The van der Waals surface area contributed by atoms with E-state index in [1.165, 1.54) is 10.7 Å². The smallest absolute Gasteiger partial charge is 0.266 e. The summed E-state index contributed by atoms with van der Waals surface area (Å²) in [5, 5.41) is 11.0. The van der Waals surface area contributed by atoms with E-state index in [0.29, 0.717) is 17.0 Å². The molecule has 26 heavy (non-hydrogen) atoms. The highest BCUT2D eigenvalue weighted by Gasteiger charge is 2.10. The number of nitrogens with zero attached hydrogens (tertiary/aromatic N) is 3. The molecule has 0 unspecified atom stereocenters. The number of carbonyl (C=O) groups is 1. The molecule has 0 radical (unpaired) electrons. The molecule has 1 amide bonds. The van der Waals surface area contributed by atoms with Gasteiger partial charge in [-0.2, -0.15) is 5.10 Å². The zero-order valence-electron chi connectivity index (χ0n) is 14.7. The monoisotopic (exact) mass is 352 g/mol. The third-order valence-corrected chi connectivity index (χ3v) is 3.92. The van der Waals surface area contributed by atoms with Crippen LogP contribution in [-0.2, 0) is 20.0 Å². The quantitative estimate of drug-likeness (QED) is 0.735. The first-order valence-corrected chi connectivity index (χ1v) is 8.44. The molecule has 0 aliphatic heterocycles. The molecule has 3 rings (SSSR count). The highest BCUT2D eigenvalue weighted by molar-refractivity contribution is 5.95. The van der Waals surface area contributed by atoms with Gasteiger partial charge in [-0.05, 0) is 24.6 Å². The first-order chi connectivity index (χ1) is 12.6. The molecule has 7 nitrogen and oxygen atoms in total. The van der Waals surface area contributed by atoms with Crippen molar-refractivity contribution in [2.75, 3.05) is 0 Å². The van der Waals surface area contributed by atoms with Crippen molar-refractivity contribution >= 4 is 5.91 Å². The van der Waals surface area contributed by atoms with Crippen LogP contribution in [0.25, 0.3) is 11.3 Å². The summed E-state index contributed by atoms with van der Waals surface area (Å²) in [6.45, 7) is 2.35. The number of nitrogens with one attached hydrogen (secondary N) is 1. The van der Waals surface area contributed by atoms with Crippen LogP contribution in [0.3, 0.4) is 0 Å². The van der Waals surface area contributed by atoms with E-state index in [1.54, 1.807) is 31.3 Å². The van der Waals surface area contributed by atoms with E-state index in [9.17, 15) is 9.59 Å². The summed E-state index contributed by atoms with van der Waals surface area (Å²) in [5.41, 5.74) is 2.60. The summed E-state index contributed by atoms with van der Waals surface area (Å²) in [6, 6.07) is 12.0. The predicted molar refractivity (Wildman–Crippen MR) is 96.6 cm³/mol. The second kappa shape index (κ2) is 7.77.